The van der Waals surface area contributed by atoms with Gasteiger partial charge in [-0.3, -0.25) is 5.32 Å². The van der Waals surface area contributed by atoms with Gasteiger partial charge in [-0.15, -0.1) is 0 Å². The first-order chi connectivity index (χ1) is 8.83. The van der Waals surface area contributed by atoms with Gasteiger partial charge in [0, 0.05) is 0 Å². The molecule has 19 heavy (non-hydrogen) atoms. The summed E-state index contributed by atoms with van der Waals surface area (Å²) in [4.78, 5) is 12.5. The molecule has 0 unspecified atom stereocenters. The molecule has 0 aliphatic carbocycles. The molecule has 1 aliphatic rings. The fourth-order valence-corrected chi connectivity index (χ4v) is 2.38. The summed E-state index contributed by atoms with van der Waals surface area (Å²) in [5, 5.41) is 3.23. The molecule has 4 heteroatoms. The number of hydrogen-bond acceptors (Lipinski definition) is 3. The van der Waals surface area contributed by atoms with E-state index in [9.17, 15) is 9.18 Å². The summed E-state index contributed by atoms with van der Waals surface area (Å²) in [7, 11) is 0. The summed E-state index contributed by atoms with van der Waals surface area (Å²) < 4.78 is 18.5. The maximum absolute atomic E-state index is 13.0. The highest BCUT2D eigenvalue weighted by Crippen LogP contribution is 2.33. The van der Waals surface area contributed by atoms with E-state index in [0.717, 1.165) is 18.5 Å². The second kappa shape index (κ2) is 4.93. The van der Waals surface area contributed by atoms with E-state index in [1.807, 2.05) is 20.8 Å². The number of esters is 1. The number of benzene rings is 1. The van der Waals surface area contributed by atoms with Crippen LogP contribution in [0.3, 0.4) is 0 Å². The van der Waals surface area contributed by atoms with Gasteiger partial charge in [0.1, 0.15) is 17.0 Å². The molecule has 2 rings (SSSR count). The van der Waals surface area contributed by atoms with E-state index in [0.29, 0.717) is 6.42 Å². The van der Waals surface area contributed by atoms with Crippen LogP contribution in [0.15, 0.2) is 24.3 Å². The van der Waals surface area contributed by atoms with Gasteiger partial charge >= 0.3 is 5.97 Å². The van der Waals surface area contributed by atoms with Gasteiger partial charge in [-0.05, 0) is 57.9 Å². The van der Waals surface area contributed by atoms with Crippen molar-refractivity contribution in [2.45, 2.75) is 44.8 Å². The fourth-order valence-electron chi connectivity index (χ4n) is 2.38. The third-order valence-electron chi connectivity index (χ3n) is 3.24. The van der Waals surface area contributed by atoms with Gasteiger partial charge in [0.05, 0.1) is 0 Å². The quantitative estimate of drug-likeness (QED) is 0.836. The van der Waals surface area contributed by atoms with Crippen molar-refractivity contribution in [1.82, 2.24) is 5.32 Å². The Balaban J connectivity index is 2.33. The van der Waals surface area contributed by atoms with E-state index < -0.39 is 11.1 Å². The number of hydrogen-bond donors (Lipinski definition) is 1. The zero-order chi connectivity index (χ0) is 14.1. The van der Waals surface area contributed by atoms with Crippen molar-refractivity contribution in [1.29, 1.82) is 0 Å². The first-order valence-electron chi connectivity index (χ1n) is 6.58. The van der Waals surface area contributed by atoms with Crippen LogP contribution in [0.1, 0.15) is 39.2 Å². The van der Waals surface area contributed by atoms with Gasteiger partial charge in [-0.25, -0.2) is 9.18 Å². The van der Waals surface area contributed by atoms with Gasteiger partial charge in [-0.2, -0.15) is 0 Å². The molecule has 1 atom stereocenters. The van der Waals surface area contributed by atoms with Gasteiger partial charge in [0.15, 0.2) is 0 Å². The molecule has 1 aromatic rings. The van der Waals surface area contributed by atoms with Gasteiger partial charge in [0.2, 0.25) is 0 Å². The molecule has 1 aliphatic heterocycles. The number of nitrogens with one attached hydrogen (secondary N) is 1. The lowest BCUT2D eigenvalue weighted by Crippen LogP contribution is -2.48. The number of rotatable bonds is 2. The second-order valence-corrected chi connectivity index (χ2v) is 5.94. The average Bonchev–Trinajstić information content (AvgIpc) is 2.78. The van der Waals surface area contributed by atoms with Crippen molar-refractivity contribution < 1.29 is 13.9 Å². The summed E-state index contributed by atoms with van der Waals surface area (Å²) in [6.45, 7) is 6.30. The van der Waals surface area contributed by atoms with Crippen molar-refractivity contribution in [2.24, 2.45) is 0 Å². The molecular weight excluding hydrogens is 245 g/mol. The molecule has 1 aromatic carbocycles. The third kappa shape index (κ3) is 2.95. The van der Waals surface area contributed by atoms with Crippen LogP contribution in [0, 0.1) is 5.82 Å². The lowest BCUT2D eigenvalue weighted by molar-refractivity contribution is -0.163. The van der Waals surface area contributed by atoms with E-state index in [4.69, 9.17) is 4.74 Å². The Morgan fingerprint density at radius 3 is 2.42 bits per heavy atom. The Morgan fingerprint density at radius 2 is 1.95 bits per heavy atom. The van der Waals surface area contributed by atoms with Crippen molar-refractivity contribution in [3.05, 3.63) is 35.6 Å². The molecule has 104 valence electrons. The number of halogens is 1. The Kier molecular flexibility index (Phi) is 3.63. The molecule has 3 nitrogen and oxygen atoms in total. The number of carbonyl (C=O) groups is 1. The first kappa shape index (κ1) is 14.0. The maximum Gasteiger partial charge on any atom is 0.331 e. The van der Waals surface area contributed by atoms with Crippen LogP contribution < -0.4 is 5.32 Å². The summed E-state index contributed by atoms with van der Waals surface area (Å²) in [5.74, 6) is -0.592. The molecule has 1 heterocycles. The molecule has 0 radical (unpaired) electrons. The molecule has 0 amide bonds. The topological polar surface area (TPSA) is 38.3 Å². The van der Waals surface area contributed by atoms with Crippen LogP contribution in [-0.4, -0.2) is 18.1 Å². The van der Waals surface area contributed by atoms with Crippen LogP contribution >= 0.6 is 0 Å². The lowest BCUT2D eigenvalue weighted by atomic mass is 9.88. The van der Waals surface area contributed by atoms with E-state index in [1.54, 1.807) is 12.1 Å². The summed E-state index contributed by atoms with van der Waals surface area (Å²) >= 11 is 0. The molecule has 1 saturated heterocycles. The van der Waals surface area contributed by atoms with E-state index in [-0.39, 0.29) is 11.8 Å². The summed E-state index contributed by atoms with van der Waals surface area (Å²) in [5.41, 5.74) is -0.601. The van der Waals surface area contributed by atoms with Gasteiger partial charge in [-0.1, -0.05) is 12.1 Å². The Morgan fingerprint density at radius 1 is 1.32 bits per heavy atom. The standard InChI is InChI=1S/C15H20FNO2/c1-14(2,3)19-13(18)15(9-4-10-17-15)11-5-7-12(16)8-6-11/h5-8,17H,4,9-10H2,1-3H3/t15-/m0/s1. The molecular formula is C15H20FNO2. The Bertz CT molecular complexity index is 456. The molecule has 1 N–H and O–H groups in total. The smallest absolute Gasteiger partial charge is 0.331 e. The predicted octanol–water partition coefficient (Wildman–Crippen LogP) is 2.75. The molecule has 0 bridgehead atoms. The van der Waals surface area contributed by atoms with Crippen molar-refractivity contribution >= 4 is 5.97 Å². The monoisotopic (exact) mass is 265 g/mol. The summed E-state index contributed by atoms with van der Waals surface area (Å²) in [6.07, 6.45) is 1.57. The lowest BCUT2D eigenvalue weighted by Gasteiger charge is -2.31. The van der Waals surface area contributed by atoms with Crippen LogP contribution in [0.25, 0.3) is 0 Å². The van der Waals surface area contributed by atoms with Crippen molar-refractivity contribution in [3.8, 4) is 0 Å². The molecule has 0 aromatic heterocycles. The van der Waals surface area contributed by atoms with Gasteiger partial charge in [0.25, 0.3) is 0 Å². The van der Waals surface area contributed by atoms with Crippen LogP contribution in [-0.2, 0) is 15.1 Å². The minimum absolute atomic E-state index is 0.288. The average molecular weight is 265 g/mol. The number of ether oxygens (including phenoxy) is 1. The third-order valence-corrected chi connectivity index (χ3v) is 3.24. The zero-order valence-corrected chi connectivity index (χ0v) is 11.6. The SMILES string of the molecule is CC(C)(C)OC(=O)[C@@]1(c2ccc(F)cc2)CCCN1. The minimum Gasteiger partial charge on any atom is -0.458 e. The highest BCUT2D eigenvalue weighted by atomic mass is 19.1. The predicted molar refractivity (Wildman–Crippen MR) is 71.2 cm³/mol. The Hall–Kier alpha value is -1.42. The minimum atomic E-state index is -0.832. The fraction of sp³-hybridized carbons (Fsp3) is 0.533. The van der Waals surface area contributed by atoms with E-state index >= 15 is 0 Å². The zero-order valence-electron chi connectivity index (χ0n) is 11.6. The molecule has 0 spiro atoms. The first-order valence-corrected chi connectivity index (χ1v) is 6.58. The maximum atomic E-state index is 13.0. The number of carbonyl (C=O) groups excluding carboxylic acids is 1. The highest BCUT2D eigenvalue weighted by Gasteiger charge is 2.45. The van der Waals surface area contributed by atoms with Crippen LogP contribution in [0.2, 0.25) is 0 Å². The van der Waals surface area contributed by atoms with E-state index in [2.05, 4.69) is 5.32 Å². The van der Waals surface area contributed by atoms with Crippen molar-refractivity contribution in [3.63, 3.8) is 0 Å². The van der Waals surface area contributed by atoms with Crippen LogP contribution in [0.4, 0.5) is 4.39 Å². The second-order valence-electron chi connectivity index (χ2n) is 5.94. The largest absolute Gasteiger partial charge is 0.458 e. The Labute approximate surface area is 113 Å². The highest BCUT2D eigenvalue weighted by molar-refractivity contribution is 5.83. The molecule has 0 saturated carbocycles. The molecule has 1 fully saturated rings. The van der Waals surface area contributed by atoms with E-state index in [1.165, 1.54) is 12.1 Å². The van der Waals surface area contributed by atoms with Crippen molar-refractivity contribution in [2.75, 3.05) is 6.54 Å². The van der Waals surface area contributed by atoms with Gasteiger partial charge < -0.3 is 4.74 Å². The summed E-state index contributed by atoms with van der Waals surface area (Å²) in [6, 6.07) is 6.05. The normalized spacial score (nSPS) is 23.4. The van der Waals surface area contributed by atoms with Crippen LogP contribution in [0.5, 0.6) is 0 Å².